The Morgan fingerprint density at radius 3 is 2.30 bits per heavy atom. The van der Waals surface area contributed by atoms with Crippen molar-refractivity contribution < 1.29 is 9.59 Å². The number of nitrogens with one attached hydrogen (secondary N) is 2. The molecule has 0 saturated carbocycles. The van der Waals surface area contributed by atoms with Gasteiger partial charge in [0.1, 0.15) is 0 Å². The van der Waals surface area contributed by atoms with Crippen LogP contribution in [0.2, 0.25) is 0 Å². The van der Waals surface area contributed by atoms with E-state index in [1.807, 2.05) is 36.1 Å². The summed E-state index contributed by atoms with van der Waals surface area (Å²) in [7, 11) is 0. The number of hydrogen-bond acceptors (Lipinski definition) is 2. The van der Waals surface area contributed by atoms with Crippen LogP contribution in [-0.4, -0.2) is 36.0 Å². The van der Waals surface area contributed by atoms with Gasteiger partial charge in [0.2, 0.25) is 0 Å². The molecule has 0 radical (unpaired) electrons. The molecular formula is C22H25N3O2. The molecule has 2 aromatic carbocycles. The number of anilines is 1. The molecule has 3 amide bonds. The fraction of sp³-hybridized carbons (Fsp3) is 0.364. The Labute approximate surface area is 159 Å². The summed E-state index contributed by atoms with van der Waals surface area (Å²) in [5.41, 5.74) is 4.94. The lowest BCUT2D eigenvalue weighted by Gasteiger charge is -2.17. The maximum absolute atomic E-state index is 12.5. The van der Waals surface area contributed by atoms with Crippen LogP contribution in [0.4, 0.5) is 10.5 Å². The van der Waals surface area contributed by atoms with Crippen molar-refractivity contribution in [2.24, 2.45) is 0 Å². The number of amides is 3. The lowest BCUT2D eigenvalue weighted by Crippen LogP contribution is -2.38. The predicted octanol–water partition coefficient (Wildman–Crippen LogP) is 3.52. The molecule has 0 unspecified atom stereocenters. The molecule has 2 aliphatic rings. The number of carbonyl (C=O) groups is 2. The Hall–Kier alpha value is -2.82. The first-order valence-electron chi connectivity index (χ1n) is 9.64. The first-order chi connectivity index (χ1) is 13.1. The second-order valence-corrected chi connectivity index (χ2v) is 7.50. The molecule has 140 valence electrons. The van der Waals surface area contributed by atoms with E-state index in [0.717, 1.165) is 50.0 Å². The van der Waals surface area contributed by atoms with E-state index < -0.39 is 0 Å². The molecule has 0 atom stereocenters. The quantitative estimate of drug-likeness (QED) is 0.876. The first-order valence-corrected chi connectivity index (χ1v) is 9.64. The van der Waals surface area contributed by atoms with E-state index in [-0.39, 0.29) is 18.0 Å². The number of fused-ring (bicyclic) bond motifs is 1. The van der Waals surface area contributed by atoms with Crippen molar-refractivity contribution in [3.63, 3.8) is 0 Å². The minimum atomic E-state index is -0.200. The van der Waals surface area contributed by atoms with Crippen molar-refractivity contribution in [1.82, 2.24) is 10.2 Å². The molecular weight excluding hydrogens is 338 g/mol. The van der Waals surface area contributed by atoms with Gasteiger partial charge in [-0.1, -0.05) is 24.3 Å². The number of benzene rings is 2. The SMILES string of the molecule is Cc1cc(C(=O)N2CCCC2)ccc1NC(=O)NC1Cc2ccccc2C1. The van der Waals surface area contributed by atoms with Crippen LogP contribution in [0.25, 0.3) is 0 Å². The largest absolute Gasteiger partial charge is 0.339 e. The van der Waals surface area contributed by atoms with Crippen LogP contribution < -0.4 is 10.6 Å². The second kappa shape index (κ2) is 7.43. The average Bonchev–Trinajstić information content (AvgIpc) is 3.31. The van der Waals surface area contributed by atoms with Crippen molar-refractivity contribution in [2.75, 3.05) is 18.4 Å². The molecule has 1 aliphatic carbocycles. The van der Waals surface area contributed by atoms with Gasteiger partial charge in [-0.2, -0.15) is 0 Å². The Balaban J connectivity index is 1.36. The van der Waals surface area contributed by atoms with Crippen molar-refractivity contribution in [1.29, 1.82) is 0 Å². The molecule has 5 nitrogen and oxygen atoms in total. The van der Waals surface area contributed by atoms with Gasteiger partial charge in [0.05, 0.1) is 0 Å². The van der Waals surface area contributed by atoms with Gasteiger partial charge >= 0.3 is 6.03 Å². The van der Waals surface area contributed by atoms with Gasteiger partial charge in [0, 0.05) is 30.4 Å². The van der Waals surface area contributed by atoms with E-state index >= 15 is 0 Å². The fourth-order valence-electron chi connectivity index (χ4n) is 4.04. The van der Waals surface area contributed by atoms with E-state index in [1.54, 1.807) is 6.07 Å². The normalized spacial score (nSPS) is 16.3. The van der Waals surface area contributed by atoms with E-state index in [9.17, 15) is 9.59 Å². The summed E-state index contributed by atoms with van der Waals surface area (Å²) in [5, 5.41) is 5.98. The third kappa shape index (κ3) is 3.82. The first kappa shape index (κ1) is 17.6. The smallest absolute Gasteiger partial charge is 0.319 e. The molecule has 1 aliphatic heterocycles. The van der Waals surface area contributed by atoms with Crippen LogP contribution in [0.3, 0.4) is 0 Å². The predicted molar refractivity (Wildman–Crippen MR) is 106 cm³/mol. The minimum Gasteiger partial charge on any atom is -0.339 e. The molecule has 0 spiro atoms. The lowest BCUT2D eigenvalue weighted by atomic mass is 10.1. The topological polar surface area (TPSA) is 61.4 Å². The molecule has 2 aromatic rings. The molecule has 5 heteroatoms. The highest BCUT2D eigenvalue weighted by Gasteiger charge is 2.23. The van der Waals surface area contributed by atoms with Gasteiger partial charge in [-0.05, 0) is 67.5 Å². The van der Waals surface area contributed by atoms with Crippen LogP contribution in [0.5, 0.6) is 0 Å². The average molecular weight is 363 g/mol. The standard InChI is InChI=1S/C22H25N3O2/c1-15-12-18(21(26)25-10-4-5-11-25)8-9-20(15)24-22(27)23-19-13-16-6-2-3-7-17(16)14-19/h2-3,6-9,12,19H,4-5,10-11,13-14H2,1H3,(H2,23,24,27). The van der Waals surface area contributed by atoms with Crippen molar-refractivity contribution >= 4 is 17.6 Å². The van der Waals surface area contributed by atoms with Gasteiger partial charge in [-0.3, -0.25) is 4.79 Å². The van der Waals surface area contributed by atoms with E-state index in [1.165, 1.54) is 11.1 Å². The van der Waals surface area contributed by atoms with Crippen LogP contribution in [0.15, 0.2) is 42.5 Å². The highest BCUT2D eigenvalue weighted by atomic mass is 16.2. The van der Waals surface area contributed by atoms with Crippen LogP contribution >= 0.6 is 0 Å². The zero-order valence-corrected chi connectivity index (χ0v) is 15.6. The zero-order valence-electron chi connectivity index (χ0n) is 15.6. The number of carbonyl (C=O) groups excluding carboxylic acids is 2. The summed E-state index contributed by atoms with van der Waals surface area (Å²) in [6.07, 6.45) is 3.89. The van der Waals surface area contributed by atoms with Gasteiger partial charge in [0.15, 0.2) is 0 Å². The maximum Gasteiger partial charge on any atom is 0.319 e. The summed E-state index contributed by atoms with van der Waals surface area (Å²) < 4.78 is 0. The Morgan fingerprint density at radius 1 is 1.00 bits per heavy atom. The summed E-state index contributed by atoms with van der Waals surface area (Å²) in [4.78, 5) is 26.8. The molecule has 4 rings (SSSR count). The summed E-state index contributed by atoms with van der Waals surface area (Å²) >= 11 is 0. The van der Waals surface area contributed by atoms with Crippen LogP contribution in [0, 0.1) is 6.92 Å². The molecule has 0 aromatic heterocycles. The van der Waals surface area contributed by atoms with Gasteiger partial charge < -0.3 is 15.5 Å². The molecule has 1 heterocycles. The number of rotatable bonds is 3. The number of likely N-dealkylation sites (tertiary alicyclic amines) is 1. The summed E-state index contributed by atoms with van der Waals surface area (Å²) in [6, 6.07) is 13.7. The van der Waals surface area contributed by atoms with Gasteiger partial charge in [-0.25, -0.2) is 4.79 Å². The third-order valence-electron chi connectivity index (χ3n) is 5.50. The summed E-state index contributed by atoms with van der Waals surface area (Å²) in [5.74, 6) is 0.0790. The van der Waals surface area contributed by atoms with Crippen molar-refractivity contribution in [2.45, 2.75) is 38.6 Å². The lowest BCUT2D eigenvalue weighted by molar-refractivity contribution is 0.0792. The number of nitrogens with zero attached hydrogens (tertiary/aromatic N) is 1. The molecule has 27 heavy (non-hydrogen) atoms. The van der Waals surface area contributed by atoms with E-state index in [4.69, 9.17) is 0 Å². The van der Waals surface area contributed by atoms with E-state index in [0.29, 0.717) is 5.56 Å². The maximum atomic E-state index is 12.5. The van der Waals surface area contributed by atoms with Crippen LogP contribution in [0.1, 0.15) is 39.9 Å². The van der Waals surface area contributed by atoms with Crippen LogP contribution in [-0.2, 0) is 12.8 Å². The highest BCUT2D eigenvalue weighted by Crippen LogP contribution is 2.22. The Bertz CT molecular complexity index is 847. The van der Waals surface area contributed by atoms with Crippen molar-refractivity contribution in [3.8, 4) is 0 Å². The second-order valence-electron chi connectivity index (χ2n) is 7.50. The number of urea groups is 1. The molecule has 1 saturated heterocycles. The molecule has 1 fully saturated rings. The minimum absolute atomic E-state index is 0.0790. The Morgan fingerprint density at radius 2 is 1.67 bits per heavy atom. The monoisotopic (exact) mass is 363 g/mol. The van der Waals surface area contributed by atoms with Gasteiger partial charge in [0.25, 0.3) is 5.91 Å². The zero-order chi connectivity index (χ0) is 18.8. The summed E-state index contributed by atoms with van der Waals surface area (Å²) in [6.45, 7) is 3.59. The number of hydrogen-bond donors (Lipinski definition) is 2. The molecule has 0 bridgehead atoms. The molecule has 2 N–H and O–H groups in total. The third-order valence-corrected chi connectivity index (χ3v) is 5.50. The van der Waals surface area contributed by atoms with Crippen molar-refractivity contribution in [3.05, 3.63) is 64.7 Å². The van der Waals surface area contributed by atoms with E-state index in [2.05, 4.69) is 22.8 Å². The highest BCUT2D eigenvalue weighted by molar-refractivity contribution is 5.96. The Kier molecular flexibility index (Phi) is 4.84. The van der Waals surface area contributed by atoms with Gasteiger partial charge in [-0.15, -0.1) is 0 Å². The fourth-order valence-corrected chi connectivity index (χ4v) is 4.04. The number of aryl methyl sites for hydroxylation is 1.